The number of ether oxygens (including phenoxy) is 2. The molecule has 0 saturated heterocycles. The summed E-state index contributed by atoms with van der Waals surface area (Å²) in [5, 5.41) is 0.808. The van der Waals surface area contributed by atoms with E-state index >= 15 is 0 Å². The van der Waals surface area contributed by atoms with Crippen LogP contribution in [0.25, 0.3) is 11.0 Å². The van der Waals surface area contributed by atoms with Crippen LogP contribution in [-0.4, -0.2) is 25.0 Å². The molecule has 3 aromatic rings. The minimum atomic E-state index is -0.662. The van der Waals surface area contributed by atoms with Crippen LogP contribution in [0.4, 0.5) is 0 Å². The van der Waals surface area contributed by atoms with Gasteiger partial charge in [-0.05, 0) is 43.3 Å². The van der Waals surface area contributed by atoms with Gasteiger partial charge < -0.3 is 13.9 Å². The van der Waals surface area contributed by atoms with Gasteiger partial charge >= 0.3 is 5.97 Å². The Bertz CT molecular complexity index is 828. The molecule has 3 rings (SSSR count). The maximum atomic E-state index is 12.1. The minimum Gasteiger partial charge on any atom is -0.494 e. The van der Waals surface area contributed by atoms with Gasteiger partial charge in [-0.1, -0.05) is 18.2 Å². The lowest BCUT2D eigenvalue weighted by molar-refractivity contribution is 0.0446. The first-order chi connectivity index (χ1) is 11.7. The van der Waals surface area contributed by atoms with Crippen molar-refractivity contribution in [1.29, 1.82) is 0 Å². The highest BCUT2D eigenvalue weighted by atomic mass is 16.5. The number of rotatable bonds is 6. The molecule has 0 aliphatic rings. The number of carbonyl (C=O) groups excluding carboxylic acids is 2. The average Bonchev–Trinajstić information content (AvgIpc) is 3.04. The summed E-state index contributed by atoms with van der Waals surface area (Å²) in [5.41, 5.74) is 1.05. The second-order valence-corrected chi connectivity index (χ2v) is 5.11. The molecule has 5 nitrogen and oxygen atoms in total. The number of esters is 1. The maximum absolute atomic E-state index is 12.1. The van der Waals surface area contributed by atoms with Crippen LogP contribution in [0.3, 0.4) is 0 Å². The first-order valence-corrected chi connectivity index (χ1v) is 7.59. The highest BCUT2D eigenvalue weighted by Crippen LogP contribution is 2.19. The number of carbonyl (C=O) groups is 2. The molecular formula is C19H16O5. The number of Topliss-reactive ketones (excluding diaryl/α,β-unsaturated/α-hetero) is 1. The fourth-order valence-corrected chi connectivity index (χ4v) is 2.27. The number of furan rings is 1. The fraction of sp³-hybridized carbons (Fsp3) is 0.158. The molecule has 0 bridgehead atoms. The molecule has 0 unspecified atom stereocenters. The molecule has 0 fully saturated rings. The van der Waals surface area contributed by atoms with E-state index in [1.807, 2.05) is 25.1 Å². The average molecular weight is 324 g/mol. The Labute approximate surface area is 138 Å². The van der Waals surface area contributed by atoms with Gasteiger partial charge in [-0.3, -0.25) is 4.79 Å². The Kier molecular flexibility index (Phi) is 4.61. The number of hydrogen-bond donors (Lipinski definition) is 0. The fourth-order valence-electron chi connectivity index (χ4n) is 2.27. The van der Waals surface area contributed by atoms with Crippen molar-refractivity contribution in [3.8, 4) is 5.75 Å². The summed E-state index contributed by atoms with van der Waals surface area (Å²) < 4.78 is 15.8. The molecule has 0 saturated carbocycles. The summed E-state index contributed by atoms with van der Waals surface area (Å²) in [6, 6.07) is 15.6. The van der Waals surface area contributed by atoms with E-state index in [4.69, 9.17) is 13.9 Å². The molecule has 0 N–H and O–H groups in total. The van der Waals surface area contributed by atoms with Crippen LogP contribution in [0.2, 0.25) is 0 Å². The van der Waals surface area contributed by atoms with E-state index in [2.05, 4.69) is 0 Å². The summed E-state index contributed by atoms with van der Waals surface area (Å²) in [7, 11) is 0. The zero-order chi connectivity index (χ0) is 16.9. The van der Waals surface area contributed by atoms with Gasteiger partial charge in [0.15, 0.2) is 12.4 Å². The molecule has 2 aromatic carbocycles. The predicted molar refractivity (Wildman–Crippen MR) is 88.4 cm³/mol. The van der Waals surface area contributed by atoms with Crippen molar-refractivity contribution >= 4 is 22.7 Å². The SMILES string of the molecule is CCOc1ccc(C(=O)COC(=O)c2cc3ccccc3o2)cc1. The largest absolute Gasteiger partial charge is 0.494 e. The van der Waals surface area contributed by atoms with Crippen LogP contribution in [0, 0.1) is 0 Å². The lowest BCUT2D eigenvalue weighted by Gasteiger charge is -2.05. The van der Waals surface area contributed by atoms with Crippen LogP contribution in [0.15, 0.2) is 59.0 Å². The van der Waals surface area contributed by atoms with Gasteiger partial charge in [0.05, 0.1) is 6.61 Å². The van der Waals surface area contributed by atoms with E-state index in [0.29, 0.717) is 23.5 Å². The Morgan fingerprint density at radius 1 is 1.04 bits per heavy atom. The smallest absolute Gasteiger partial charge is 0.374 e. The molecule has 122 valence electrons. The monoisotopic (exact) mass is 324 g/mol. The zero-order valence-corrected chi connectivity index (χ0v) is 13.2. The molecule has 0 aliphatic carbocycles. The Morgan fingerprint density at radius 3 is 2.50 bits per heavy atom. The summed E-state index contributed by atoms with van der Waals surface area (Å²) in [5.74, 6) is -0.183. The van der Waals surface area contributed by atoms with Gasteiger partial charge in [-0.25, -0.2) is 4.79 Å². The highest BCUT2D eigenvalue weighted by Gasteiger charge is 2.16. The number of ketones is 1. The van der Waals surface area contributed by atoms with Gasteiger partial charge in [0.2, 0.25) is 5.76 Å². The molecular weight excluding hydrogens is 308 g/mol. The lowest BCUT2D eigenvalue weighted by atomic mass is 10.1. The third-order valence-corrected chi connectivity index (χ3v) is 3.45. The standard InChI is InChI=1S/C19H16O5/c1-2-22-15-9-7-13(8-10-15)16(20)12-23-19(21)18-11-14-5-3-4-6-17(14)24-18/h3-11H,2,12H2,1H3. The van der Waals surface area contributed by atoms with Crippen molar-refractivity contribution in [3.05, 3.63) is 65.9 Å². The van der Waals surface area contributed by atoms with Gasteiger partial charge in [0.1, 0.15) is 11.3 Å². The summed E-state index contributed by atoms with van der Waals surface area (Å²) in [6.07, 6.45) is 0. The van der Waals surface area contributed by atoms with Crippen molar-refractivity contribution in [3.63, 3.8) is 0 Å². The molecule has 1 aromatic heterocycles. The van der Waals surface area contributed by atoms with Crippen molar-refractivity contribution in [2.45, 2.75) is 6.92 Å². The van der Waals surface area contributed by atoms with Crippen LogP contribution in [0.1, 0.15) is 27.8 Å². The van der Waals surface area contributed by atoms with E-state index < -0.39 is 5.97 Å². The number of para-hydroxylation sites is 1. The Balaban J connectivity index is 1.61. The zero-order valence-electron chi connectivity index (χ0n) is 13.2. The van der Waals surface area contributed by atoms with E-state index in [0.717, 1.165) is 5.39 Å². The Morgan fingerprint density at radius 2 is 1.79 bits per heavy atom. The Hall–Kier alpha value is -3.08. The minimum absolute atomic E-state index is 0.0793. The first kappa shape index (κ1) is 15.8. The first-order valence-electron chi connectivity index (χ1n) is 7.59. The molecule has 5 heteroatoms. The van der Waals surface area contributed by atoms with Crippen LogP contribution in [-0.2, 0) is 4.74 Å². The lowest BCUT2D eigenvalue weighted by Crippen LogP contribution is -2.13. The van der Waals surface area contributed by atoms with Gasteiger partial charge in [-0.2, -0.15) is 0 Å². The molecule has 0 radical (unpaired) electrons. The normalized spacial score (nSPS) is 10.5. The van der Waals surface area contributed by atoms with Crippen LogP contribution in [0.5, 0.6) is 5.75 Å². The number of hydrogen-bond acceptors (Lipinski definition) is 5. The number of benzene rings is 2. The van der Waals surface area contributed by atoms with Crippen molar-refractivity contribution in [2.24, 2.45) is 0 Å². The van der Waals surface area contributed by atoms with Crippen molar-refractivity contribution < 1.29 is 23.5 Å². The maximum Gasteiger partial charge on any atom is 0.374 e. The second-order valence-electron chi connectivity index (χ2n) is 5.11. The van der Waals surface area contributed by atoms with Crippen LogP contribution < -0.4 is 4.74 Å². The van der Waals surface area contributed by atoms with E-state index in [1.165, 1.54) is 0 Å². The third-order valence-electron chi connectivity index (χ3n) is 3.45. The summed E-state index contributed by atoms with van der Waals surface area (Å²) in [6.45, 7) is 2.10. The molecule has 24 heavy (non-hydrogen) atoms. The molecule has 1 heterocycles. The summed E-state index contributed by atoms with van der Waals surface area (Å²) >= 11 is 0. The van der Waals surface area contributed by atoms with E-state index in [9.17, 15) is 9.59 Å². The van der Waals surface area contributed by atoms with Crippen LogP contribution >= 0.6 is 0 Å². The van der Waals surface area contributed by atoms with Gasteiger partial charge in [0.25, 0.3) is 0 Å². The van der Waals surface area contributed by atoms with Gasteiger partial charge in [0, 0.05) is 10.9 Å². The summed E-state index contributed by atoms with van der Waals surface area (Å²) in [4.78, 5) is 24.1. The van der Waals surface area contributed by atoms with Gasteiger partial charge in [-0.15, -0.1) is 0 Å². The third kappa shape index (κ3) is 3.46. The van der Waals surface area contributed by atoms with E-state index in [1.54, 1.807) is 36.4 Å². The molecule has 0 atom stereocenters. The molecule has 0 aliphatic heterocycles. The topological polar surface area (TPSA) is 65.7 Å². The van der Waals surface area contributed by atoms with E-state index in [-0.39, 0.29) is 18.2 Å². The predicted octanol–water partition coefficient (Wildman–Crippen LogP) is 3.87. The second kappa shape index (κ2) is 7.00. The van der Waals surface area contributed by atoms with Crippen molar-refractivity contribution in [1.82, 2.24) is 0 Å². The number of fused-ring (bicyclic) bond motifs is 1. The molecule has 0 amide bonds. The highest BCUT2D eigenvalue weighted by molar-refractivity contribution is 5.99. The molecule has 0 spiro atoms. The van der Waals surface area contributed by atoms with Crippen molar-refractivity contribution in [2.75, 3.05) is 13.2 Å². The quantitative estimate of drug-likeness (QED) is 0.508.